The number of rotatable bonds is 2. The van der Waals surface area contributed by atoms with E-state index in [2.05, 4.69) is 12.3 Å². The molecular formula is C9H14N2O. The molecule has 1 aliphatic rings. The smallest absolute Gasteiger partial charge is 0.0764 e. The minimum Gasteiger partial charge on any atom is -0.376 e. The fourth-order valence-corrected chi connectivity index (χ4v) is 1.51. The van der Waals surface area contributed by atoms with E-state index < -0.39 is 0 Å². The summed E-state index contributed by atoms with van der Waals surface area (Å²) in [5, 5.41) is 0. The van der Waals surface area contributed by atoms with Gasteiger partial charge in [0.15, 0.2) is 0 Å². The van der Waals surface area contributed by atoms with Crippen molar-refractivity contribution in [1.82, 2.24) is 4.68 Å². The highest BCUT2D eigenvalue weighted by molar-refractivity contribution is 4.97. The van der Waals surface area contributed by atoms with Gasteiger partial charge in [0.05, 0.1) is 12.1 Å². The monoisotopic (exact) mass is 166 g/mol. The summed E-state index contributed by atoms with van der Waals surface area (Å²) < 4.78 is 7.42. The fraction of sp³-hybridized carbons (Fsp3) is 0.556. The second-order valence-corrected chi connectivity index (χ2v) is 3.19. The minimum atomic E-state index is 0.326. The molecule has 1 aromatic heterocycles. The van der Waals surface area contributed by atoms with Crippen molar-refractivity contribution < 1.29 is 4.74 Å². The molecule has 2 rings (SSSR count). The van der Waals surface area contributed by atoms with Crippen molar-refractivity contribution >= 4 is 0 Å². The van der Waals surface area contributed by atoms with Gasteiger partial charge < -0.3 is 10.2 Å². The van der Waals surface area contributed by atoms with Crippen LogP contribution < -0.4 is 5.43 Å². The Hall–Kier alpha value is -0.960. The van der Waals surface area contributed by atoms with Crippen molar-refractivity contribution in [2.45, 2.75) is 25.5 Å². The van der Waals surface area contributed by atoms with Gasteiger partial charge in [0.1, 0.15) is 0 Å². The van der Waals surface area contributed by atoms with Gasteiger partial charge in [0, 0.05) is 19.0 Å². The third kappa shape index (κ3) is 1.46. The summed E-state index contributed by atoms with van der Waals surface area (Å²) in [4.78, 5) is 0. The van der Waals surface area contributed by atoms with Crippen LogP contribution in [0.25, 0.3) is 0 Å². The van der Waals surface area contributed by atoms with E-state index in [0.29, 0.717) is 12.1 Å². The van der Waals surface area contributed by atoms with E-state index in [1.165, 1.54) is 0 Å². The van der Waals surface area contributed by atoms with Crippen LogP contribution in [0.4, 0.5) is 0 Å². The maximum Gasteiger partial charge on any atom is 0.0764 e. The van der Waals surface area contributed by atoms with Gasteiger partial charge in [-0.3, -0.25) is 4.68 Å². The lowest BCUT2D eigenvalue weighted by Crippen LogP contribution is -2.32. The van der Waals surface area contributed by atoms with Crippen molar-refractivity contribution in [2.75, 3.05) is 12.0 Å². The molecule has 0 aliphatic carbocycles. The van der Waals surface area contributed by atoms with Gasteiger partial charge in [-0.15, -0.1) is 0 Å². The molecule has 0 radical (unpaired) electrons. The van der Waals surface area contributed by atoms with Gasteiger partial charge in [-0.25, -0.2) is 0 Å². The van der Waals surface area contributed by atoms with Gasteiger partial charge in [-0.2, -0.15) is 0 Å². The molecular weight excluding hydrogens is 152 g/mol. The Morgan fingerprint density at radius 3 is 2.75 bits per heavy atom. The van der Waals surface area contributed by atoms with Crippen molar-refractivity contribution in [1.29, 1.82) is 0 Å². The summed E-state index contributed by atoms with van der Waals surface area (Å²) >= 11 is 0. The molecule has 3 heteroatoms. The molecule has 1 fully saturated rings. The second kappa shape index (κ2) is 3.19. The molecule has 2 atom stereocenters. The van der Waals surface area contributed by atoms with Crippen LogP contribution in [-0.2, 0) is 4.74 Å². The Balaban J connectivity index is 1.95. The number of nitrogens with zero attached hydrogens (tertiary/aromatic N) is 1. The van der Waals surface area contributed by atoms with Crippen LogP contribution in [0.5, 0.6) is 0 Å². The summed E-state index contributed by atoms with van der Waals surface area (Å²) in [6.45, 7) is 2.98. The first-order chi connectivity index (χ1) is 5.86. The molecule has 1 aliphatic heterocycles. The Morgan fingerprint density at radius 1 is 1.42 bits per heavy atom. The first kappa shape index (κ1) is 7.68. The standard InChI is InChI=1S/C9H14N2O/c1-8-9(4-7-12-8)10-11-5-2-3-6-11/h2-3,5-6,8-10H,4,7H2,1H3. The minimum absolute atomic E-state index is 0.326. The molecule has 66 valence electrons. The highest BCUT2D eigenvalue weighted by Gasteiger charge is 2.23. The van der Waals surface area contributed by atoms with Crippen LogP contribution in [0.2, 0.25) is 0 Å². The summed E-state index contributed by atoms with van der Waals surface area (Å²) in [6.07, 6.45) is 5.43. The third-order valence-corrected chi connectivity index (χ3v) is 2.30. The first-order valence-corrected chi connectivity index (χ1v) is 4.37. The van der Waals surface area contributed by atoms with Crippen molar-refractivity contribution in [3.05, 3.63) is 24.5 Å². The number of aromatic nitrogens is 1. The maximum absolute atomic E-state index is 5.44. The predicted octanol–water partition coefficient (Wildman–Crippen LogP) is 1.21. The quantitative estimate of drug-likeness (QED) is 0.714. The molecule has 1 N–H and O–H groups in total. The lowest BCUT2D eigenvalue weighted by atomic mass is 10.2. The molecule has 1 aromatic rings. The largest absolute Gasteiger partial charge is 0.376 e. The molecule has 12 heavy (non-hydrogen) atoms. The van der Waals surface area contributed by atoms with Crippen LogP contribution in [0, 0.1) is 0 Å². The number of ether oxygens (including phenoxy) is 1. The van der Waals surface area contributed by atoms with E-state index in [1.807, 2.05) is 29.2 Å². The van der Waals surface area contributed by atoms with Gasteiger partial charge in [0.25, 0.3) is 0 Å². The van der Waals surface area contributed by atoms with E-state index >= 15 is 0 Å². The maximum atomic E-state index is 5.44. The van der Waals surface area contributed by atoms with E-state index in [1.54, 1.807) is 0 Å². The van der Waals surface area contributed by atoms with Crippen molar-refractivity contribution in [3.63, 3.8) is 0 Å². The molecule has 2 heterocycles. The molecule has 1 saturated heterocycles. The zero-order valence-electron chi connectivity index (χ0n) is 7.23. The number of hydrogen-bond donors (Lipinski definition) is 1. The Labute approximate surface area is 72.3 Å². The van der Waals surface area contributed by atoms with Crippen LogP contribution in [0.3, 0.4) is 0 Å². The van der Waals surface area contributed by atoms with Crippen molar-refractivity contribution in [2.24, 2.45) is 0 Å². The highest BCUT2D eigenvalue weighted by atomic mass is 16.5. The van der Waals surface area contributed by atoms with Gasteiger partial charge in [-0.05, 0) is 25.5 Å². The Kier molecular flexibility index (Phi) is 2.04. The average molecular weight is 166 g/mol. The summed E-state index contributed by atoms with van der Waals surface area (Å²) in [6, 6.07) is 4.47. The molecule has 0 aromatic carbocycles. The highest BCUT2D eigenvalue weighted by Crippen LogP contribution is 2.13. The zero-order chi connectivity index (χ0) is 8.39. The zero-order valence-corrected chi connectivity index (χ0v) is 7.23. The van der Waals surface area contributed by atoms with Crippen LogP contribution in [0.15, 0.2) is 24.5 Å². The van der Waals surface area contributed by atoms with E-state index in [4.69, 9.17) is 4.74 Å². The first-order valence-electron chi connectivity index (χ1n) is 4.37. The van der Waals surface area contributed by atoms with Crippen LogP contribution in [-0.4, -0.2) is 23.4 Å². The fourth-order valence-electron chi connectivity index (χ4n) is 1.51. The van der Waals surface area contributed by atoms with Crippen LogP contribution >= 0.6 is 0 Å². The van der Waals surface area contributed by atoms with E-state index in [-0.39, 0.29) is 0 Å². The molecule has 0 saturated carbocycles. The molecule has 0 spiro atoms. The summed E-state index contributed by atoms with van der Waals surface area (Å²) in [5.41, 5.74) is 3.36. The van der Waals surface area contributed by atoms with Gasteiger partial charge in [-0.1, -0.05) is 0 Å². The normalized spacial score (nSPS) is 29.1. The van der Waals surface area contributed by atoms with E-state index in [9.17, 15) is 0 Å². The van der Waals surface area contributed by atoms with Crippen LogP contribution in [0.1, 0.15) is 13.3 Å². The number of nitrogens with one attached hydrogen (secondary N) is 1. The molecule has 3 nitrogen and oxygen atoms in total. The van der Waals surface area contributed by atoms with Crippen molar-refractivity contribution in [3.8, 4) is 0 Å². The lowest BCUT2D eigenvalue weighted by Gasteiger charge is -2.17. The second-order valence-electron chi connectivity index (χ2n) is 3.19. The molecule has 0 bridgehead atoms. The summed E-state index contributed by atoms with van der Waals surface area (Å²) in [7, 11) is 0. The number of hydrogen-bond acceptors (Lipinski definition) is 2. The lowest BCUT2D eigenvalue weighted by molar-refractivity contribution is 0.120. The average Bonchev–Trinajstić information content (AvgIpc) is 2.65. The van der Waals surface area contributed by atoms with E-state index in [0.717, 1.165) is 13.0 Å². The molecule has 0 amide bonds. The Morgan fingerprint density at radius 2 is 2.17 bits per heavy atom. The van der Waals surface area contributed by atoms with Gasteiger partial charge >= 0.3 is 0 Å². The molecule has 2 unspecified atom stereocenters. The Bertz CT molecular complexity index is 233. The topological polar surface area (TPSA) is 26.2 Å². The summed E-state index contributed by atoms with van der Waals surface area (Å²) in [5.74, 6) is 0. The third-order valence-electron chi connectivity index (χ3n) is 2.30. The van der Waals surface area contributed by atoms with Gasteiger partial charge in [0.2, 0.25) is 0 Å². The predicted molar refractivity (Wildman–Crippen MR) is 47.6 cm³/mol. The SMILES string of the molecule is CC1OCCC1Nn1cccc1.